The summed E-state index contributed by atoms with van der Waals surface area (Å²) in [7, 11) is 0. The van der Waals surface area contributed by atoms with Crippen molar-refractivity contribution in [2.45, 2.75) is 5.25 Å². The Labute approximate surface area is 139 Å². The zero-order valence-corrected chi connectivity index (χ0v) is 14.1. The summed E-state index contributed by atoms with van der Waals surface area (Å²) in [6.45, 7) is 1.01. The highest BCUT2D eigenvalue weighted by Gasteiger charge is 2.14. The molecule has 1 heterocycles. The van der Waals surface area contributed by atoms with Gasteiger partial charge in [-0.1, -0.05) is 36.5 Å². The molecule has 0 bridgehead atoms. The molecule has 5 heteroatoms. The SMILES string of the molecule is NC(=S)c1ccc(NCC2CSCCS2)c2ccccc12. The fourth-order valence-electron chi connectivity index (χ4n) is 2.55. The van der Waals surface area contributed by atoms with Crippen LogP contribution in [-0.4, -0.2) is 34.0 Å². The zero-order chi connectivity index (χ0) is 14.7. The van der Waals surface area contributed by atoms with Gasteiger partial charge in [0.15, 0.2) is 0 Å². The molecule has 3 N–H and O–H groups in total. The Morgan fingerprint density at radius 3 is 2.71 bits per heavy atom. The van der Waals surface area contributed by atoms with Crippen LogP contribution < -0.4 is 11.1 Å². The Bertz CT molecular complexity index is 651. The Morgan fingerprint density at radius 2 is 2.00 bits per heavy atom. The van der Waals surface area contributed by atoms with Gasteiger partial charge in [0.1, 0.15) is 4.99 Å². The fraction of sp³-hybridized carbons (Fsp3) is 0.312. The molecule has 2 nitrogen and oxygen atoms in total. The van der Waals surface area contributed by atoms with Crippen LogP contribution >= 0.6 is 35.7 Å². The van der Waals surface area contributed by atoms with Gasteiger partial charge in [0, 0.05) is 45.7 Å². The van der Waals surface area contributed by atoms with Crippen molar-refractivity contribution < 1.29 is 0 Å². The van der Waals surface area contributed by atoms with Gasteiger partial charge in [-0.05, 0) is 17.5 Å². The lowest BCUT2D eigenvalue weighted by molar-refractivity contribution is 1.01. The van der Waals surface area contributed by atoms with E-state index in [9.17, 15) is 0 Å². The van der Waals surface area contributed by atoms with Crippen molar-refractivity contribution in [2.24, 2.45) is 5.73 Å². The minimum Gasteiger partial charge on any atom is -0.389 e. The zero-order valence-electron chi connectivity index (χ0n) is 11.7. The number of anilines is 1. The maximum atomic E-state index is 5.83. The summed E-state index contributed by atoms with van der Waals surface area (Å²) in [5.41, 5.74) is 7.95. The highest BCUT2D eigenvalue weighted by molar-refractivity contribution is 8.06. The summed E-state index contributed by atoms with van der Waals surface area (Å²) in [6.07, 6.45) is 0. The number of thiocarbonyl (C=S) groups is 1. The van der Waals surface area contributed by atoms with Crippen molar-refractivity contribution >= 4 is 57.2 Å². The average molecular weight is 335 g/mol. The van der Waals surface area contributed by atoms with Crippen LogP contribution in [0.5, 0.6) is 0 Å². The lowest BCUT2D eigenvalue weighted by atomic mass is 10.0. The van der Waals surface area contributed by atoms with Crippen LogP contribution in [0.2, 0.25) is 0 Å². The lowest BCUT2D eigenvalue weighted by Crippen LogP contribution is -2.23. The number of nitrogens with two attached hydrogens (primary N) is 1. The van der Waals surface area contributed by atoms with Crippen molar-refractivity contribution in [3.8, 4) is 0 Å². The van der Waals surface area contributed by atoms with Crippen molar-refractivity contribution in [1.82, 2.24) is 0 Å². The van der Waals surface area contributed by atoms with Gasteiger partial charge in [-0.25, -0.2) is 0 Å². The van der Waals surface area contributed by atoms with E-state index in [1.165, 1.54) is 28.3 Å². The third kappa shape index (κ3) is 3.47. The Hall–Kier alpha value is -0.910. The second-order valence-electron chi connectivity index (χ2n) is 5.02. The van der Waals surface area contributed by atoms with E-state index >= 15 is 0 Å². The van der Waals surface area contributed by atoms with E-state index in [1.807, 2.05) is 12.1 Å². The van der Waals surface area contributed by atoms with Gasteiger partial charge in [-0.2, -0.15) is 23.5 Å². The molecule has 2 aromatic rings. The van der Waals surface area contributed by atoms with Gasteiger partial charge in [-0.15, -0.1) is 0 Å². The molecular weight excluding hydrogens is 316 g/mol. The maximum Gasteiger partial charge on any atom is 0.104 e. The summed E-state index contributed by atoms with van der Waals surface area (Å²) in [4.78, 5) is 0.456. The minimum atomic E-state index is 0.456. The van der Waals surface area contributed by atoms with E-state index in [-0.39, 0.29) is 0 Å². The molecule has 3 rings (SSSR count). The van der Waals surface area contributed by atoms with Gasteiger partial charge in [0.25, 0.3) is 0 Å². The normalized spacial score (nSPS) is 18.6. The van der Waals surface area contributed by atoms with Crippen molar-refractivity contribution in [3.05, 3.63) is 42.0 Å². The third-order valence-corrected chi connectivity index (χ3v) is 6.66. The van der Waals surface area contributed by atoms with Crippen LogP contribution in [0.1, 0.15) is 5.56 Å². The quantitative estimate of drug-likeness (QED) is 0.834. The smallest absolute Gasteiger partial charge is 0.104 e. The van der Waals surface area contributed by atoms with Crippen LogP contribution in [0.4, 0.5) is 5.69 Å². The first-order valence-electron chi connectivity index (χ1n) is 7.00. The predicted octanol–water partition coefficient (Wildman–Crippen LogP) is 3.73. The molecule has 1 saturated heterocycles. The Balaban J connectivity index is 1.85. The lowest BCUT2D eigenvalue weighted by Gasteiger charge is -2.22. The standard InChI is InChI=1S/C16H18N2S3/c17-16(19)14-5-6-15(13-4-2-1-3-12(13)14)18-9-11-10-20-7-8-21-11/h1-6,11,18H,7-10H2,(H2,17,19). The summed E-state index contributed by atoms with van der Waals surface area (Å²) in [6, 6.07) is 12.4. The summed E-state index contributed by atoms with van der Waals surface area (Å²) >= 11 is 9.28. The van der Waals surface area contributed by atoms with Gasteiger partial charge in [0.2, 0.25) is 0 Å². The molecule has 0 saturated carbocycles. The maximum absolute atomic E-state index is 5.83. The van der Waals surface area contributed by atoms with Crippen LogP contribution in [-0.2, 0) is 0 Å². The number of thioether (sulfide) groups is 2. The van der Waals surface area contributed by atoms with Gasteiger partial charge in [-0.3, -0.25) is 0 Å². The number of hydrogen-bond donors (Lipinski definition) is 2. The Kier molecular flexibility index (Phi) is 4.93. The molecule has 2 aromatic carbocycles. The van der Waals surface area contributed by atoms with Crippen LogP contribution in [0.15, 0.2) is 36.4 Å². The van der Waals surface area contributed by atoms with E-state index in [1.54, 1.807) is 0 Å². The van der Waals surface area contributed by atoms with Crippen LogP contribution in [0.25, 0.3) is 10.8 Å². The van der Waals surface area contributed by atoms with Gasteiger partial charge >= 0.3 is 0 Å². The first kappa shape index (κ1) is 15.0. The largest absolute Gasteiger partial charge is 0.389 e. The monoisotopic (exact) mass is 334 g/mol. The third-order valence-electron chi connectivity index (χ3n) is 3.59. The molecule has 0 spiro atoms. The molecule has 1 unspecified atom stereocenters. The predicted molar refractivity (Wildman–Crippen MR) is 102 cm³/mol. The van der Waals surface area contributed by atoms with E-state index in [0.29, 0.717) is 10.2 Å². The highest BCUT2D eigenvalue weighted by atomic mass is 32.2. The van der Waals surface area contributed by atoms with E-state index in [4.69, 9.17) is 18.0 Å². The highest BCUT2D eigenvalue weighted by Crippen LogP contribution is 2.28. The van der Waals surface area contributed by atoms with E-state index in [0.717, 1.165) is 17.5 Å². The second-order valence-corrected chi connectivity index (χ2v) is 8.02. The number of rotatable bonds is 4. The van der Waals surface area contributed by atoms with Crippen molar-refractivity contribution in [3.63, 3.8) is 0 Å². The number of hydrogen-bond acceptors (Lipinski definition) is 4. The molecule has 21 heavy (non-hydrogen) atoms. The summed E-state index contributed by atoms with van der Waals surface area (Å²) < 4.78 is 0. The molecule has 1 fully saturated rings. The van der Waals surface area contributed by atoms with Crippen LogP contribution in [0, 0.1) is 0 Å². The molecule has 0 aliphatic carbocycles. The topological polar surface area (TPSA) is 38.0 Å². The molecule has 1 aliphatic rings. The van der Waals surface area contributed by atoms with E-state index < -0.39 is 0 Å². The van der Waals surface area contributed by atoms with Gasteiger partial charge < -0.3 is 11.1 Å². The average Bonchev–Trinajstić information content (AvgIpc) is 2.53. The number of fused-ring (bicyclic) bond motifs is 1. The minimum absolute atomic E-state index is 0.456. The van der Waals surface area contributed by atoms with Crippen molar-refractivity contribution in [1.29, 1.82) is 0 Å². The molecule has 0 amide bonds. The first-order chi connectivity index (χ1) is 10.3. The second kappa shape index (κ2) is 6.90. The summed E-state index contributed by atoms with van der Waals surface area (Å²) in [5, 5.41) is 6.61. The molecular formula is C16H18N2S3. The van der Waals surface area contributed by atoms with Crippen molar-refractivity contribution in [2.75, 3.05) is 29.1 Å². The molecule has 0 aromatic heterocycles. The molecule has 1 atom stereocenters. The molecule has 0 radical (unpaired) electrons. The van der Waals surface area contributed by atoms with Gasteiger partial charge in [0.05, 0.1) is 0 Å². The van der Waals surface area contributed by atoms with E-state index in [2.05, 4.69) is 53.1 Å². The molecule has 1 aliphatic heterocycles. The fourth-order valence-corrected chi connectivity index (χ4v) is 5.34. The number of nitrogens with one attached hydrogen (secondary N) is 1. The number of benzene rings is 2. The Morgan fingerprint density at radius 1 is 1.19 bits per heavy atom. The summed E-state index contributed by atoms with van der Waals surface area (Å²) in [5.74, 6) is 3.78. The first-order valence-corrected chi connectivity index (χ1v) is 9.61. The molecule has 110 valence electrons. The van der Waals surface area contributed by atoms with Crippen LogP contribution in [0.3, 0.4) is 0 Å².